The number of hydrogen-bond donors (Lipinski definition) is 0. The van der Waals surface area contributed by atoms with Gasteiger partial charge in [-0.05, 0) is 47.6 Å². The van der Waals surface area contributed by atoms with E-state index in [0.717, 1.165) is 18.8 Å². The standard InChI is InChI=1S/C25H28F3N5O3/c1-30-14-23(29-16-30)24(34)32(10-17-5-3-7-19(9-17)36-25(26,27)28)11-20-21-12-33(13-22(20)21)35-15-18-6-4-8-31(18)2/h3-9,14,16,20-22H,10-13,15H2,1-2H3. The van der Waals surface area contributed by atoms with Crippen LogP contribution in [0.1, 0.15) is 21.7 Å². The van der Waals surface area contributed by atoms with Gasteiger partial charge in [-0.25, -0.2) is 4.98 Å². The number of hydroxylamine groups is 2. The summed E-state index contributed by atoms with van der Waals surface area (Å²) in [7, 11) is 3.76. The fraction of sp³-hybridized carbons (Fsp3) is 0.440. The van der Waals surface area contributed by atoms with Crippen LogP contribution in [0.4, 0.5) is 13.2 Å². The van der Waals surface area contributed by atoms with Crippen molar-refractivity contribution in [2.75, 3.05) is 19.6 Å². The number of carbonyl (C=O) groups is 1. The summed E-state index contributed by atoms with van der Waals surface area (Å²) in [5.74, 6) is 0.580. The molecule has 1 saturated heterocycles. The highest BCUT2D eigenvalue weighted by molar-refractivity contribution is 5.92. The predicted octanol–water partition coefficient (Wildman–Crippen LogP) is 3.61. The van der Waals surface area contributed by atoms with E-state index in [1.165, 1.54) is 18.2 Å². The zero-order valence-electron chi connectivity index (χ0n) is 20.1. The fourth-order valence-corrected chi connectivity index (χ4v) is 5.01. The monoisotopic (exact) mass is 503 g/mol. The molecule has 5 rings (SSSR count). The Labute approximate surface area is 206 Å². The molecule has 0 bridgehead atoms. The molecule has 0 spiro atoms. The fourth-order valence-electron chi connectivity index (χ4n) is 5.01. The number of benzene rings is 1. The molecule has 0 radical (unpaired) electrons. The molecule has 8 nitrogen and oxygen atoms in total. The second kappa shape index (κ2) is 9.62. The Balaban J connectivity index is 1.23. The van der Waals surface area contributed by atoms with Gasteiger partial charge in [-0.15, -0.1) is 13.2 Å². The zero-order chi connectivity index (χ0) is 25.4. The molecule has 1 aromatic carbocycles. The summed E-state index contributed by atoms with van der Waals surface area (Å²) in [5.41, 5.74) is 1.95. The van der Waals surface area contributed by atoms with Crippen molar-refractivity contribution in [1.29, 1.82) is 0 Å². The summed E-state index contributed by atoms with van der Waals surface area (Å²) in [4.78, 5) is 25.1. The first-order valence-corrected chi connectivity index (χ1v) is 11.8. The lowest BCUT2D eigenvalue weighted by molar-refractivity contribution is -0.274. The molecule has 192 valence electrons. The lowest BCUT2D eigenvalue weighted by Crippen LogP contribution is -2.35. The van der Waals surface area contributed by atoms with Crippen LogP contribution in [-0.2, 0) is 32.1 Å². The van der Waals surface area contributed by atoms with E-state index in [1.54, 1.807) is 35.1 Å². The molecule has 3 heterocycles. The summed E-state index contributed by atoms with van der Waals surface area (Å²) in [6.07, 6.45) is 0.401. The molecular formula is C25H28F3N5O3. The van der Waals surface area contributed by atoms with Gasteiger partial charge in [-0.2, -0.15) is 5.06 Å². The third-order valence-electron chi connectivity index (χ3n) is 6.93. The minimum atomic E-state index is -4.78. The summed E-state index contributed by atoms with van der Waals surface area (Å²) in [5, 5.41) is 1.99. The van der Waals surface area contributed by atoms with Crippen molar-refractivity contribution in [2.24, 2.45) is 31.8 Å². The molecule has 1 amide bonds. The molecule has 1 aliphatic carbocycles. The molecular weight excluding hydrogens is 475 g/mol. The maximum absolute atomic E-state index is 13.3. The second-order valence-electron chi connectivity index (χ2n) is 9.53. The molecule has 0 N–H and O–H groups in total. The van der Waals surface area contributed by atoms with Gasteiger partial charge in [0.1, 0.15) is 18.1 Å². The number of aryl methyl sites for hydroxylation is 2. The van der Waals surface area contributed by atoms with E-state index >= 15 is 0 Å². The van der Waals surface area contributed by atoms with Crippen LogP contribution in [0, 0.1) is 17.8 Å². The smallest absolute Gasteiger partial charge is 0.406 e. The minimum Gasteiger partial charge on any atom is -0.406 e. The van der Waals surface area contributed by atoms with Crippen molar-refractivity contribution in [2.45, 2.75) is 19.5 Å². The summed E-state index contributed by atoms with van der Waals surface area (Å²) >= 11 is 0. The van der Waals surface area contributed by atoms with Gasteiger partial charge < -0.3 is 18.8 Å². The number of imidazole rings is 1. The van der Waals surface area contributed by atoms with Crippen LogP contribution in [0.2, 0.25) is 0 Å². The van der Waals surface area contributed by atoms with Crippen LogP contribution in [0.5, 0.6) is 5.75 Å². The number of piperidine rings is 1. The predicted molar refractivity (Wildman–Crippen MR) is 123 cm³/mol. The number of hydrogen-bond acceptors (Lipinski definition) is 5. The minimum absolute atomic E-state index is 0.161. The molecule has 2 atom stereocenters. The Hall–Kier alpha value is -3.31. The molecule has 11 heteroatoms. The van der Waals surface area contributed by atoms with Gasteiger partial charge in [0.2, 0.25) is 0 Å². The van der Waals surface area contributed by atoms with Gasteiger partial charge in [0.05, 0.1) is 6.33 Å². The van der Waals surface area contributed by atoms with Crippen LogP contribution in [0.15, 0.2) is 55.1 Å². The van der Waals surface area contributed by atoms with Crippen LogP contribution in [-0.4, -0.2) is 56.0 Å². The molecule has 3 aromatic rings. The molecule has 2 unspecified atom stereocenters. The van der Waals surface area contributed by atoms with Crippen LogP contribution in [0.25, 0.3) is 0 Å². The van der Waals surface area contributed by atoms with Crippen molar-refractivity contribution in [3.63, 3.8) is 0 Å². The Bertz CT molecular complexity index is 1210. The van der Waals surface area contributed by atoms with E-state index in [-0.39, 0.29) is 18.2 Å². The molecule has 2 aliphatic rings. The van der Waals surface area contributed by atoms with E-state index in [2.05, 4.69) is 9.72 Å². The first-order valence-electron chi connectivity index (χ1n) is 11.8. The highest BCUT2D eigenvalue weighted by Crippen LogP contribution is 2.52. The van der Waals surface area contributed by atoms with Gasteiger partial charge in [0, 0.05) is 58.4 Å². The lowest BCUT2D eigenvalue weighted by Gasteiger charge is -2.25. The Morgan fingerprint density at radius 3 is 2.58 bits per heavy atom. The zero-order valence-corrected chi connectivity index (χ0v) is 20.1. The Morgan fingerprint density at radius 1 is 1.17 bits per heavy atom. The Kier molecular flexibility index (Phi) is 6.52. The third-order valence-corrected chi connectivity index (χ3v) is 6.93. The highest BCUT2D eigenvalue weighted by atomic mass is 19.4. The molecule has 36 heavy (non-hydrogen) atoms. The quantitative estimate of drug-likeness (QED) is 0.447. The number of rotatable bonds is 9. The van der Waals surface area contributed by atoms with Crippen molar-refractivity contribution >= 4 is 5.91 Å². The van der Waals surface area contributed by atoms with Crippen LogP contribution >= 0.6 is 0 Å². The van der Waals surface area contributed by atoms with Gasteiger partial charge in [0.15, 0.2) is 0 Å². The van der Waals surface area contributed by atoms with Crippen LogP contribution in [0.3, 0.4) is 0 Å². The van der Waals surface area contributed by atoms with E-state index in [9.17, 15) is 18.0 Å². The molecule has 1 aliphatic heterocycles. The number of nitrogens with zero attached hydrogens (tertiary/aromatic N) is 5. The van der Waals surface area contributed by atoms with Crippen molar-refractivity contribution < 1.29 is 27.5 Å². The van der Waals surface area contributed by atoms with Crippen molar-refractivity contribution in [3.8, 4) is 5.75 Å². The number of alkyl halides is 3. The van der Waals surface area contributed by atoms with Gasteiger partial charge in [-0.3, -0.25) is 9.63 Å². The number of amides is 1. The maximum atomic E-state index is 13.3. The van der Waals surface area contributed by atoms with Gasteiger partial charge >= 0.3 is 6.36 Å². The first kappa shape index (κ1) is 24.4. The SMILES string of the molecule is Cn1cnc(C(=O)N(Cc2cccc(OC(F)(F)F)c2)CC2C3CN(OCc4cccn4C)CC32)c1. The van der Waals surface area contributed by atoms with Gasteiger partial charge in [-0.1, -0.05) is 12.1 Å². The van der Waals surface area contributed by atoms with Crippen LogP contribution < -0.4 is 4.74 Å². The van der Waals surface area contributed by atoms with Crippen molar-refractivity contribution in [1.82, 2.24) is 24.1 Å². The largest absolute Gasteiger partial charge is 0.573 e. The maximum Gasteiger partial charge on any atom is 0.573 e. The number of ether oxygens (including phenoxy) is 1. The van der Waals surface area contributed by atoms with E-state index < -0.39 is 6.36 Å². The number of halogens is 3. The summed E-state index contributed by atoms with van der Waals surface area (Å²) in [6.45, 7) is 2.75. The lowest BCUT2D eigenvalue weighted by atomic mass is 10.1. The highest BCUT2D eigenvalue weighted by Gasteiger charge is 2.56. The molecule has 2 aromatic heterocycles. The normalized spacial score (nSPS) is 21.4. The van der Waals surface area contributed by atoms with Gasteiger partial charge in [0.25, 0.3) is 5.91 Å². The van der Waals surface area contributed by atoms with E-state index in [0.29, 0.717) is 42.2 Å². The number of carbonyl (C=O) groups excluding carboxylic acids is 1. The van der Waals surface area contributed by atoms with E-state index in [4.69, 9.17) is 4.84 Å². The average molecular weight is 504 g/mol. The summed E-state index contributed by atoms with van der Waals surface area (Å²) < 4.78 is 45.8. The Morgan fingerprint density at radius 2 is 1.94 bits per heavy atom. The third kappa shape index (κ3) is 5.57. The molecule has 1 saturated carbocycles. The topological polar surface area (TPSA) is 64.8 Å². The number of aromatic nitrogens is 3. The second-order valence-corrected chi connectivity index (χ2v) is 9.53. The number of fused-ring (bicyclic) bond motifs is 1. The van der Waals surface area contributed by atoms with Crippen molar-refractivity contribution in [3.05, 3.63) is 72.1 Å². The van der Waals surface area contributed by atoms with E-state index in [1.807, 2.05) is 35.0 Å². The first-order chi connectivity index (χ1) is 17.2. The summed E-state index contributed by atoms with van der Waals surface area (Å²) in [6, 6.07) is 9.75. The average Bonchev–Trinajstić information content (AvgIpc) is 3.25. The molecule has 2 fully saturated rings.